The summed E-state index contributed by atoms with van der Waals surface area (Å²) in [4.78, 5) is 0. The van der Waals surface area contributed by atoms with Gasteiger partial charge in [0.1, 0.15) is 0 Å². The van der Waals surface area contributed by atoms with Crippen LogP contribution in [-0.2, 0) is 0 Å². The highest BCUT2D eigenvalue weighted by Crippen LogP contribution is 2.30. The van der Waals surface area contributed by atoms with Gasteiger partial charge in [-0.05, 0) is 18.2 Å². The molecule has 0 spiro atoms. The SMILES string of the molecule is COc1ccccc1Oc1nnccc1/C(N)=N/O. The molecular formula is C12H12N4O3. The number of nitrogens with zero attached hydrogens (tertiary/aromatic N) is 3. The highest BCUT2D eigenvalue weighted by Gasteiger charge is 2.13. The smallest absolute Gasteiger partial charge is 0.250 e. The second kappa shape index (κ2) is 5.67. The zero-order valence-corrected chi connectivity index (χ0v) is 10.1. The van der Waals surface area contributed by atoms with Crippen molar-refractivity contribution in [2.24, 2.45) is 10.9 Å². The van der Waals surface area contributed by atoms with Gasteiger partial charge in [0.15, 0.2) is 17.3 Å². The van der Waals surface area contributed by atoms with E-state index in [9.17, 15) is 0 Å². The molecule has 2 aromatic rings. The molecule has 3 N–H and O–H groups in total. The third-order valence-electron chi connectivity index (χ3n) is 2.35. The van der Waals surface area contributed by atoms with Crippen molar-refractivity contribution in [2.75, 3.05) is 7.11 Å². The maximum Gasteiger partial charge on any atom is 0.250 e. The average Bonchev–Trinajstić information content (AvgIpc) is 2.47. The molecule has 1 heterocycles. The summed E-state index contributed by atoms with van der Waals surface area (Å²) in [6.07, 6.45) is 1.42. The number of hydrogen-bond acceptors (Lipinski definition) is 6. The van der Waals surface area contributed by atoms with Crippen LogP contribution in [0.3, 0.4) is 0 Å². The molecule has 0 radical (unpaired) electrons. The summed E-state index contributed by atoms with van der Waals surface area (Å²) in [5.74, 6) is 1.01. The van der Waals surface area contributed by atoms with E-state index >= 15 is 0 Å². The quantitative estimate of drug-likeness (QED) is 0.372. The van der Waals surface area contributed by atoms with Gasteiger partial charge in [0.25, 0.3) is 0 Å². The Labute approximate surface area is 109 Å². The Morgan fingerprint density at radius 3 is 2.68 bits per heavy atom. The second-order valence-electron chi connectivity index (χ2n) is 3.49. The molecule has 1 aromatic carbocycles. The molecule has 98 valence electrons. The number of ether oxygens (including phenoxy) is 2. The summed E-state index contributed by atoms with van der Waals surface area (Å²) in [5.41, 5.74) is 5.88. The fourth-order valence-electron chi connectivity index (χ4n) is 1.45. The highest BCUT2D eigenvalue weighted by atomic mass is 16.5. The largest absolute Gasteiger partial charge is 0.493 e. The number of methoxy groups -OCH3 is 1. The van der Waals surface area contributed by atoms with Crippen molar-refractivity contribution in [3.05, 3.63) is 42.1 Å². The first kappa shape index (κ1) is 12.6. The van der Waals surface area contributed by atoms with Crippen molar-refractivity contribution in [2.45, 2.75) is 0 Å². The Morgan fingerprint density at radius 2 is 2.00 bits per heavy atom. The average molecular weight is 260 g/mol. The number of amidine groups is 1. The molecule has 0 saturated heterocycles. The van der Waals surface area contributed by atoms with Crippen LogP contribution in [-0.4, -0.2) is 28.4 Å². The van der Waals surface area contributed by atoms with Crippen LogP contribution in [0.15, 0.2) is 41.7 Å². The maximum atomic E-state index is 8.71. The van der Waals surface area contributed by atoms with Crippen LogP contribution in [0.1, 0.15) is 5.56 Å². The van der Waals surface area contributed by atoms with E-state index in [4.69, 9.17) is 20.4 Å². The molecule has 0 bridgehead atoms. The van der Waals surface area contributed by atoms with Crippen LogP contribution in [0.5, 0.6) is 17.4 Å². The Morgan fingerprint density at radius 1 is 1.26 bits per heavy atom. The molecule has 0 saturated carbocycles. The van der Waals surface area contributed by atoms with E-state index < -0.39 is 0 Å². The molecule has 2 rings (SSSR count). The summed E-state index contributed by atoms with van der Waals surface area (Å²) in [5, 5.41) is 19.2. The Balaban J connectivity index is 2.39. The molecule has 0 aliphatic carbocycles. The predicted molar refractivity (Wildman–Crippen MR) is 67.6 cm³/mol. The fourth-order valence-corrected chi connectivity index (χ4v) is 1.45. The Hall–Kier alpha value is -2.83. The van der Waals surface area contributed by atoms with Gasteiger partial charge in [-0.15, -0.1) is 5.10 Å². The second-order valence-corrected chi connectivity index (χ2v) is 3.49. The van der Waals surface area contributed by atoms with Crippen LogP contribution in [0.2, 0.25) is 0 Å². The van der Waals surface area contributed by atoms with E-state index in [0.29, 0.717) is 17.1 Å². The van der Waals surface area contributed by atoms with Crippen molar-refractivity contribution in [1.82, 2.24) is 10.2 Å². The molecule has 0 aliphatic rings. The highest BCUT2D eigenvalue weighted by molar-refractivity contribution is 5.98. The van der Waals surface area contributed by atoms with Gasteiger partial charge in [0.05, 0.1) is 18.9 Å². The number of nitrogens with two attached hydrogens (primary N) is 1. The van der Waals surface area contributed by atoms with E-state index in [2.05, 4.69) is 15.4 Å². The van der Waals surface area contributed by atoms with Gasteiger partial charge in [-0.3, -0.25) is 0 Å². The van der Waals surface area contributed by atoms with E-state index in [0.717, 1.165) is 0 Å². The molecule has 1 aromatic heterocycles. The van der Waals surface area contributed by atoms with E-state index in [-0.39, 0.29) is 11.7 Å². The molecule has 7 heteroatoms. The van der Waals surface area contributed by atoms with Crippen molar-refractivity contribution in [1.29, 1.82) is 0 Å². The van der Waals surface area contributed by atoms with Crippen LogP contribution >= 0.6 is 0 Å². The third kappa shape index (κ3) is 2.71. The lowest BCUT2D eigenvalue weighted by molar-refractivity contribution is 0.318. The number of aromatic nitrogens is 2. The van der Waals surface area contributed by atoms with E-state index in [1.807, 2.05) is 6.07 Å². The molecule has 0 fully saturated rings. The van der Waals surface area contributed by atoms with Gasteiger partial charge in [0.2, 0.25) is 5.88 Å². The number of para-hydroxylation sites is 2. The molecule has 7 nitrogen and oxygen atoms in total. The zero-order chi connectivity index (χ0) is 13.7. The van der Waals surface area contributed by atoms with Gasteiger partial charge in [-0.2, -0.15) is 5.10 Å². The first-order valence-corrected chi connectivity index (χ1v) is 5.36. The number of benzene rings is 1. The van der Waals surface area contributed by atoms with Gasteiger partial charge in [-0.25, -0.2) is 0 Å². The first-order valence-electron chi connectivity index (χ1n) is 5.36. The number of oxime groups is 1. The topological polar surface area (TPSA) is 103 Å². The van der Waals surface area contributed by atoms with Gasteiger partial charge < -0.3 is 20.4 Å². The van der Waals surface area contributed by atoms with Crippen LogP contribution < -0.4 is 15.2 Å². The maximum absolute atomic E-state index is 8.71. The fraction of sp³-hybridized carbons (Fsp3) is 0.0833. The van der Waals surface area contributed by atoms with Crippen LogP contribution in [0, 0.1) is 0 Å². The van der Waals surface area contributed by atoms with E-state index in [1.165, 1.54) is 19.4 Å². The molecule has 0 atom stereocenters. The van der Waals surface area contributed by atoms with E-state index in [1.54, 1.807) is 18.2 Å². The molecule has 0 aliphatic heterocycles. The lowest BCUT2D eigenvalue weighted by Gasteiger charge is -2.10. The van der Waals surface area contributed by atoms with Gasteiger partial charge >= 0.3 is 0 Å². The summed E-state index contributed by atoms with van der Waals surface area (Å²) in [6.45, 7) is 0. The van der Waals surface area contributed by atoms with Gasteiger partial charge in [-0.1, -0.05) is 17.3 Å². The lowest BCUT2D eigenvalue weighted by Crippen LogP contribution is -2.15. The number of rotatable bonds is 4. The molecule has 0 unspecified atom stereocenters. The van der Waals surface area contributed by atoms with Crippen molar-refractivity contribution in [3.8, 4) is 17.4 Å². The minimum Gasteiger partial charge on any atom is -0.493 e. The van der Waals surface area contributed by atoms with Gasteiger partial charge in [0, 0.05) is 0 Å². The predicted octanol–water partition coefficient (Wildman–Crippen LogP) is 1.37. The first-order chi connectivity index (χ1) is 9.26. The Bertz CT molecular complexity index is 601. The summed E-state index contributed by atoms with van der Waals surface area (Å²) < 4.78 is 10.7. The van der Waals surface area contributed by atoms with Crippen LogP contribution in [0.4, 0.5) is 0 Å². The standard InChI is InChI=1S/C12H12N4O3/c1-18-9-4-2-3-5-10(9)19-12-8(11(13)16-17)6-7-14-15-12/h2-7,17H,1H3,(H2,13,16). The molecule has 19 heavy (non-hydrogen) atoms. The minimum absolute atomic E-state index is 0.111. The normalized spacial score (nSPS) is 11.1. The third-order valence-corrected chi connectivity index (χ3v) is 2.35. The lowest BCUT2D eigenvalue weighted by atomic mass is 10.2. The summed E-state index contributed by atoms with van der Waals surface area (Å²) >= 11 is 0. The van der Waals surface area contributed by atoms with Crippen molar-refractivity contribution >= 4 is 5.84 Å². The number of hydrogen-bond donors (Lipinski definition) is 2. The van der Waals surface area contributed by atoms with Crippen LogP contribution in [0.25, 0.3) is 0 Å². The molecular weight excluding hydrogens is 248 g/mol. The Kier molecular flexibility index (Phi) is 3.77. The molecule has 0 amide bonds. The summed E-state index contributed by atoms with van der Waals surface area (Å²) in [7, 11) is 1.53. The minimum atomic E-state index is -0.111. The van der Waals surface area contributed by atoms with Crippen molar-refractivity contribution < 1.29 is 14.7 Å². The summed E-state index contributed by atoms with van der Waals surface area (Å²) in [6, 6.07) is 8.59. The zero-order valence-electron chi connectivity index (χ0n) is 10.1. The monoisotopic (exact) mass is 260 g/mol. The van der Waals surface area contributed by atoms with Crippen molar-refractivity contribution in [3.63, 3.8) is 0 Å².